The van der Waals surface area contributed by atoms with E-state index in [0.717, 1.165) is 44.1 Å². The van der Waals surface area contributed by atoms with E-state index in [0.29, 0.717) is 0 Å². The van der Waals surface area contributed by atoms with Crippen LogP contribution in [0.25, 0.3) is 0 Å². The maximum Gasteiger partial charge on any atom is 0.103 e. The number of nitrogens with zero attached hydrogens (tertiary/aromatic N) is 1. The van der Waals surface area contributed by atoms with Crippen LogP contribution in [0.3, 0.4) is 0 Å². The summed E-state index contributed by atoms with van der Waals surface area (Å²) in [5, 5.41) is 12.1. The molecule has 1 atom stereocenters. The average molecular weight is 340 g/mol. The van der Waals surface area contributed by atoms with Crippen LogP contribution in [0.5, 0.6) is 0 Å². The van der Waals surface area contributed by atoms with Crippen LogP contribution >= 0.6 is 34.7 Å². The highest BCUT2D eigenvalue weighted by Crippen LogP contribution is 2.43. The first-order chi connectivity index (χ1) is 9.93. The smallest absolute Gasteiger partial charge is 0.103 e. The molecule has 0 amide bonds. The molecule has 1 aliphatic carbocycles. The Kier molecular flexibility index (Phi) is 4.33. The standard InChI is InChI=1S/C16H18ClNOS2/c1-16(2)7-12-15(13(19)8-16)21-14(18-12)9-20-11-5-3-4-10(17)6-11/h3-6,13,19H,7-9H2,1-2H3. The third kappa shape index (κ3) is 3.62. The first-order valence-electron chi connectivity index (χ1n) is 6.98. The molecule has 0 spiro atoms. The van der Waals surface area contributed by atoms with Gasteiger partial charge in [-0.3, -0.25) is 0 Å². The fraction of sp³-hybridized carbons (Fsp3) is 0.438. The molecule has 5 heteroatoms. The molecular weight excluding hydrogens is 322 g/mol. The van der Waals surface area contributed by atoms with Gasteiger partial charge in [-0.1, -0.05) is 31.5 Å². The van der Waals surface area contributed by atoms with Gasteiger partial charge in [0.15, 0.2) is 0 Å². The maximum absolute atomic E-state index is 10.3. The van der Waals surface area contributed by atoms with E-state index >= 15 is 0 Å². The van der Waals surface area contributed by atoms with Crippen LogP contribution < -0.4 is 0 Å². The van der Waals surface area contributed by atoms with E-state index in [1.165, 1.54) is 0 Å². The van der Waals surface area contributed by atoms with Crippen LogP contribution in [0.15, 0.2) is 29.2 Å². The maximum atomic E-state index is 10.3. The fourth-order valence-electron chi connectivity index (χ4n) is 2.71. The van der Waals surface area contributed by atoms with Crippen molar-refractivity contribution >= 4 is 34.7 Å². The number of aromatic nitrogens is 1. The van der Waals surface area contributed by atoms with Crippen molar-refractivity contribution in [1.82, 2.24) is 4.98 Å². The molecule has 0 bridgehead atoms. The highest BCUT2D eigenvalue weighted by Gasteiger charge is 2.33. The molecule has 1 N–H and O–H groups in total. The summed E-state index contributed by atoms with van der Waals surface area (Å²) in [6, 6.07) is 7.87. The van der Waals surface area contributed by atoms with E-state index in [1.54, 1.807) is 23.1 Å². The predicted octanol–water partition coefficient (Wildman–Crippen LogP) is 5.09. The Bertz CT molecular complexity index is 653. The van der Waals surface area contributed by atoms with Crippen molar-refractivity contribution in [2.45, 2.75) is 43.4 Å². The van der Waals surface area contributed by atoms with Crippen molar-refractivity contribution in [2.24, 2.45) is 5.41 Å². The fourth-order valence-corrected chi connectivity index (χ4v) is 4.98. The molecule has 0 aliphatic heterocycles. The van der Waals surface area contributed by atoms with Gasteiger partial charge >= 0.3 is 0 Å². The van der Waals surface area contributed by atoms with Gasteiger partial charge in [-0.2, -0.15) is 0 Å². The van der Waals surface area contributed by atoms with E-state index in [9.17, 15) is 5.11 Å². The Morgan fingerprint density at radius 2 is 2.29 bits per heavy atom. The van der Waals surface area contributed by atoms with E-state index in [2.05, 4.69) is 19.9 Å². The van der Waals surface area contributed by atoms with Gasteiger partial charge in [0, 0.05) is 9.92 Å². The molecule has 0 saturated heterocycles. The van der Waals surface area contributed by atoms with Gasteiger partial charge < -0.3 is 5.11 Å². The second-order valence-electron chi connectivity index (χ2n) is 6.23. The minimum absolute atomic E-state index is 0.137. The monoisotopic (exact) mass is 339 g/mol. The van der Waals surface area contributed by atoms with Crippen molar-refractivity contribution in [3.05, 3.63) is 44.9 Å². The molecule has 1 heterocycles. The third-order valence-corrected chi connectivity index (χ3v) is 6.25. The van der Waals surface area contributed by atoms with Crippen LogP contribution in [-0.2, 0) is 12.2 Å². The van der Waals surface area contributed by atoms with Crippen molar-refractivity contribution in [3.8, 4) is 0 Å². The summed E-state index contributed by atoms with van der Waals surface area (Å²) in [5.74, 6) is 0.825. The summed E-state index contributed by atoms with van der Waals surface area (Å²) in [6.07, 6.45) is 1.42. The number of benzene rings is 1. The zero-order valence-electron chi connectivity index (χ0n) is 12.1. The summed E-state index contributed by atoms with van der Waals surface area (Å²) < 4.78 is 0. The van der Waals surface area contributed by atoms with Crippen molar-refractivity contribution in [1.29, 1.82) is 0 Å². The Morgan fingerprint density at radius 3 is 3.05 bits per heavy atom. The number of fused-ring (bicyclic) bond motifs is 1. The Hall–Kier alpha value is -0.550. The highest BCUT2D eigenvalue weighted by molar-refractivity contribution is 7.98. The van der Waals surface area contributed by atoms with Crippen LogP contribution in [0.4, 0.5) is 0 Å². The van der Waals surface area contributed by atoms with E-state index in [1.807, 2.05) is 18.2 Å². The van der Waals surface area contributed by atoms with Gasteiger partial charge in [0.1, 0.15) is 5.01 Å². The Labute approximate surface area is 138 Å². The SMILES string of the molecule is CC1(C)Cc2nc(CSc3cccc(Cl)c3)sc2C(O)C1. The molecule has 0 saturated carbocycles. The van der Waals surface area contributed by atoms with Crippen molar-refractivity contribution in [3.63, 3.8) is 0 Å². The van der Waals surface area contributed by atoms with Gasteiger partial charge in [0.05, 0.1) is 22.4 Å². The normalized spacial score (nSPS) is 20.3. The number of hydrogen-bond acceptors (Lipinski definition) is 4. The molecule has 0 radical (unpaired) electrons. The average Bonchev–Trinajstić information content (AvgIpc) is 2.78. The molecule has 1 aliphatic rings. The minimum Gasteiger partial charge on any atom is -0.387 e. The van der Waals surface area contributed by atoms with Crippen molar-refractivity contribution < 1.29 is 5.11 Å². The summed E-state index contributed by atoms with van der Waals surface area (Å²) >= 11 is 9.39. The first kappa shape index (κ1) is 15.3. The van der Waals surface area contributed by atoms with Crippen LogP contribution in [0.2, 0.25) is 5.02 Å². The van der Waals surface area contributed by atoms with E-state index < -0.39 is 0 Å². The largest absolute Gasteiger partial charge is 0.387 e. The topological polar surface area (TPSA) is 33.1 Å². The van der Waals surface area contributed by atoms with Crippen LogP contribution in [0.1, 0.15) is 42.0 Å². The lowest BCUT2D eigenvalue weighted by Gasteiger charge is -2.31. The Morgan fingerprint density at radius 1 is 1.48 bits per heavy atom. The molecule has 112 valence electrons. The van der Waals surface area contributed by atoms with Gasteiger partial charge in [-0.15, -0.1) is 23.1 Å². The zero-order chi connectivity index (χ0) is 15.0. The number of rotatable bonds is 3. The van der Waals surface area contributed by atoms with Crippen LogP contribution in [0, 0.1) is 5.41 Å². The second kappa shape index (κ2) is 5.92. The van der Waals surface area contributed by atoms with E-state index in [-0.39, 0.29) is 11.5 Å². The highest BCUT2D eigenvalue weighted by atomic mass is 35.5. The molecule has 3 rings (SSSR count). The van der Waals surface area contributed by atoms with Gasteiger partial charge in [-0.25, -0.2) is 4.98 Å². The molecule has 1 aromatic heterocycles. The molecule has 2 nitrogen and oxygen atoms in total. The number of halogens is 1. The van der Waals surface area contributed by atoms with Crippen molar-refractivity contribution in [2.75, 3.05) is 0 Å². The number of thiazole rings is 1. The van der Waals surface area contributed by atoms with Gasteiger partial charge in [0.25, 0.3) is 0 Å². The molecule has 1 aromatic carbocycles. The zero-order valence-corrected chi connectivity index (χ0v) is 14.5. The predicted molar refractivity (Wildman–Crippen MR) is 90.2 cm³/mol. The number of aliphatic hydroxyl groups is 1. The molecule has 2 aromatic rings. The quantitative estimate of drug-likeness (QED) is 0.790. The molecule has 1 unspecified atom stereocenters. The van der Waals surface area contributed by atoms with Crippen LogP contribution in [-0.4, -0.2) is 10.1 Å². The third-order valence-electron chi connectivity index (χ3n) is 3.62. The van der Waals surface area contributed by atoms with E-state index in [4.69, 9.17) is 16.6 Å². The molecule has 21 heavy (non-hydrogen) atoms. The lowest BCUT2D eigenvalue weighted by atomic mass is 9.77. The minimum atomic E-state index is -0.355. The summed E-state index contributed by atoms with van der Waals surface area (Å²) in [4.78, 5) is 6.95. The molecular formula is C16H18ClNOS2. The number of thioether (sulfide) groups is 1. The second-order valence-corrected chi connectivity index (χ2v) is 8.83. The lowest BCUT2D eigenvalue weighted by molar-refractivity contribution is 0.102. The summed E-state index contributed by atoms with van der Waals surface area (Å²) in [6.45, 7) is 4.39. The lowest BCUT2D eigenvalue weighted by Crippen LogP contribution is -2.24. The van der Waals surface area contributed by atoms with Gasteiger partial charge in [-0.05, 0) is 36.5 Å². The first-order valence-corrected chi connectivity index (χ1v) is 9.16. The molecule has 0 fully saturated rings. The number of aliphatic hydroxyl groups excluding tert-OH is 1. The summed E-state index contributed by atoms with van der Waals surface area (Å²) in [5.41, 5.74) is 1.23. The number of hydrogen-bond donors (Lipinski definition) is 1. The summed E-state index contributed by atoms with van der Waals surface area (Å²) in [7, 11) is 0. The van der Waals surface area contributed by atoms with Gasteiger partial charge in [0.2, 0.25) is 0 Å². The Balaban J connectivity index is 1.73.